The second-order valence-electron chi connectivity index (χ2n) is 11.2. The van der Waals surface area contributed by atoms with Crippen LogP contribution in [0.5, 0.6) is 0 Å². The number of alkyl halides is 6. The normalized spacial score (nSPS) is 13.8. The molecule has 0 N–H and O–H groups in total. The average Bonchev–Trinajstić information content (AvgIpc) is 3.29. The van der Waals surface area contributed by atoms with Crippen LogP contribution in [0.1, 0.15) is 73.9 Å². The molecule has 1 aliphatic carbocycles. The molecule has 0 fully saturated rings. The van der Waals surface area contributed by atoms with Gasteiger partial charge in [0.1, 0.15) is 0 Å². The van der Waals surface area contributed by atoms with Crippen LogP contribution in [0, 0.1) is 5.41 Å². The van der Waals surface area contributed by atoms with Crippen LogP contribution in [-0.2, 0) is 43.0 Å². The molecule has 2 aromatic rings. The van der Waals surface area contributed by atoms with Crippen LogP contribution >= 0.6 is 0 Å². The Morgan fingerprint density at radius 3 is 1.92 bits per heavy atom. The molecule has 39 heavy (non-hydrogen) atoms. The van der Waals surface area contributed by atoms with Crippen molar-refractivity contribution >= 4 is 11.8 Å². The van der Waals surface area contributed by atoms with Crippen LogP contribution in [0.4, 0.5) is 36.8 Å². The van der Waals surface area contributed by atoms with Crippen LogP contribution < -0.4 is 4.90 Å². The Labute approximate surface area is 225 Å². The van der Waals surface area contributed by atoms with Crippen molar-refractivity contribution in [2.75, 3.05) is 25.1 Å². The Balaban J connectivity index is 2.03. The highest BCUT2D eigenvalue weighted by atomic mass is 19.4. The first-order valence-corrected chi connectivity index (χ1v) is 13.0. The number of halogens is 6. The molecule has 216 valence electrons. The molecule has 2 aromatic carbocycles. The second-order valence-corrected chi connectivity index (χ2v) is 11.2. The monoisotopic (exact) mass is 558 g/mol. The summed E-state index contributed by atoms with van der Waals surface area (Å²) in [6, 6.07) is 5.51. The summed E-state index contributed by atoms with van der Waals surface area (Å²) in [5.74, 6) is 0. The zero-order chi connectivity index (χ0) is 29.2. The number of methoxy groups -OCH3 is 1. The predicted molar refractivity (Wildman–Crippen MR) is 139 cm³/mol. The molecule has 0 saturated carbocycles. The molecule has 0 aliphatic heterocycles. The Bertz CT molecular complexity index is 1140. The van der Waals surface area contributed by atoms with Crippen molar-refractivity contribution in [3.8, 4) is 0 Å². The third-order valence-corrected chi connectivity index (χ3v) is 6.96. The second kappa shape index (κ2) is 11.7. The van der Waals surface area contributed by atoms with Gasteiger partial charge in [0.05, 0.1) is 24.8 Å². The third-order valence-electron chi connectivity index (χ3n) is 6.96. The lowest BCUT2D eigenvalue weighted by Crippen LogP contribution is -2.33. The van der Waals surface area contributed by atoms with Crippen molar-refractivity contribution in [1.82, 2.24) is 4.90 Å². The zero-order valence-electron chi connectivity index (χ0n) is 23.0. The van der Waals surface area contributed by atoms with Crippen molar-refractivity contribution in [1.29, 1.82) is 0 Å². The fourth-order valence-electron chi connectivity index (χ4n) is 4.85. The van der Waals surface area contributed by atoms with Crippen LogP contribution in [0.25, 0.3) is 0 Å². The lowest BCUT2D eigenvalue weighted by atomic mass is 9.92. The van der Waals surface area contributed by atoms with Gasteiger partial charge in [0.2, 0.25) is 0 Å². The van der Waals surface area contributed by atoms with Crippen LogP contribution in [0.15, 0.2) is 30.3 Å². The summed E-state index contributed by atoms with van der Waals surface area (Å²) < 4.78 is 85.5. The van der Waals surface area contributed by atoms with Crippen LogP contribution in [0.2, 0.25) is 0 Å². The summed E-state index contributed by atoms with van der Waals surface area (Å²) in [6.07, 6.45) is -7.09. The largest absolute Gasteiger partial charge is 0.453 e. The number of fused-ring (bicyclic) bond motifs is 1. The summed E-state index contributed by atoms with van der Waals surface area (Å²) in [6.45, 7) is 9.41. The summed E-state index contributed by atoms with van der Waals surface area (Å²) in [5, 5.41) is 0. The summed E-state index contributed by atoms with van der Waals surface area (Å²) in [5.41, 5.74) is 1.01. The molecular formula is C29H36F6N2O2. The highest BCUT2D eigenvalue weighted by Crippen LogP contribution is 2.37. The maximum absolute atomic E-state index is 13.4. The fraction of sp³-hybridized carbons (Fsp3) is 0.552. The quantitative estimate of drug-likeness (QED) is 0.306. The van der Waals surface area contributed by atoms with E-state index in [2.05, 4.69) is 31.7 Å². The number of rotatable bonds is 8. The van der Waals surface area contributed by atoms with Crippen LogP contribution in [0.3, 0.4) is 0 Å². The number of ether oxygens (including phenoxy) is 1. The summed E-state index contributed by atoms with van der Waals surface area (Å²) in [7, 11) is 1.13. The lowest BCUT2D eigenvalue weighted by Gasteiger charge is -2.31. The molecule has 0 heterocycles. The van der Waals surface area contributed by atoms with Gasteiger partial charge in [-0.1, -0.05) is 26.8 Å². The first-order chi connectivity index (χ1) is 18.0. The van der Waals surface area contributed by atoms with Gasteiger partial charge < -0.3 is 9.64 Å². The highest BCUT2D eigenvalue weighted by molar-refractivity contribution is 5.68. The molecule has 0 atom stereocenters. The number of benzene rings is 2. The molecule has 1 amide bonds. The van der Waals surface area contributed by atoms with Gasteiger partial charge in [0.25, 0.3) is 0 Å². The van der Waals surface area contributed by atoms with Gasteiger partial charge in [-0.05, 0) is 84.5 Å². The van der Waals surface area contributed by atoms with Gasteiger partial charge in [-0.25, -0.2) is 4.79 Å². The van der Waals surface area contributed by atoms with Gasteiger partial charge in [0.15, 0.2) is 0 Å². The van der Waals surface area contributed by atoms with Crippen LogP contribution in [-0.4, -0.2) is 31.2 Å². The number of hydrogen-bond acceptors (Lipinski definition) is 3. The maximum Gasteiger partial charge on any atom is 0.416 e. The molecule has 0 saturated heterocycles. The Hall–Kier alpha value is -2.91. The molecule has 0 radical (unpaired) electrons. The molecule has 10 heteroatoms. The third kappa shape index (κ3) is 8.05. The number of aryl methyl sites for hydroxylation is 2. The van der Waals surface area contributed by atoms with E-state index in [1.165, 1.54) is 5.56 Å². The smallest absolute Gasteiger partial charge is 0.416 e. The fourth-order valence-corrected chi connectivity index (χ4v) is 4.85. The number of amides is 1. The summed E-state index contributed by atoms with van der Waals surface area (Å²) >= 11 is 0. The van der Waals surface area contributed by atoms with E-state index < -0.39 is 36.1 Å². The summed E-state index contributed by atoms with van der Waals surface area (Å²) in [4.78, 5) is 16.1. The van der Waals surface area contributed by atoms with Gasteiger partial charge in [-0.2, -0.15) is 26.3 Å². The topological polar surface area (TPSA) is 32.8 Å². The van der Waals surface area contributed by atoms with E-state index >= 15 is 0 Å². The van der Waals surface area contributed by atoms with E-state index in [9.17, 15) is 31.1 Å². The molecular weight excluding hydrogens is 522 g/mol. The average molecular weight is 559 g/mol. The van der Waals surface area contributed by atoms with Crippen molar-refractivity contribution < 1.29 is 35.9 Å². The maximum atomic E-state index is 13.4. The molecule has 1 aliphatic rings. The van der Waals surface area contributed by atoms with Crippen molar-refractivity contribution in [2.45, 2.75) is 78.8 Å². The Morgan fingerprint density at radius 1 is 0.872 bits per heavy atom. The van der Waals surface area contributed by atoms with E-state index in [0.29, 0.717) is 18.7 Å². The lowest BCUT2D eigenvalue weighted by molar-refractivity contribution is -0.143. The van der Waals surface area contributed by atoms with Gasteiger partial charge in [-0.3, -0.25) is 4.90 Å². The highest BCUT2D eigenvalue weighted by Gasteiger charge is 2.37. The zero-order valence-corrected chi connectivity index (χ0v) is 23.0. The number of anilines is 1. The van der Waals surface area contributed by atoms with Gasteiger partial charge in [-0.15, -0.1) is 0 Å². The van der Waals surface area contributed by atoms with E-state index in [1.807, 2.05) is 13.0 Å². The number of carbonyl (C=O) groups is 1. The van der Waals surface area contributed by atoms with Crippen molar-refractivity contribution in [2.24, 2.45) is 5.41 Å². The SMILES string of the molecule is CCN(CCC(C)(C)C)c1cc2c(cc1CN(Cc1cc(C(F)(F)F)cc(C(F)(F)F)c1)C(=O)OC)CCC2. The Kier molecular flexibility index (Phi) is 9.17. The molecule has 0 aromatic heterocycles. The molecule has 0 unspecified atom stereocenters. The van der Waals surface area contributed by atoms with Gasteiger partial charge >= 0.3 is 18.4 Å². The van der Waals surface area contributed by atoms with E-state index in [-0.39, 0.29) is 23.6 Å². The minimum atomic E-state index is -4.98. The number of carbonyl (C=O) groups excluding carboxylic acids is 1. The van der Waals surface area contributed by atoms with E-state index in [1.54, 1.807) is 0 Å². The van der Waals surface area contributed by atoms with Crippen molar-refractivity contribution in [3.05, 3.63) is 63.7 Å². The number of hydrogen-bond donors (Lipinski definition) is 0. The van der Waals surface area contributed by atoms with Crippen molar-refractivity contribution in [3.63, 3.8) is 0 Å². The molecule has 0 bridgehead atoms. The first kappa shape index (κ1) is 30.6. The Morgan fingerprint density at radius 2 is 1.44 bits per heavy atom. The van der Waals surface area contributed by atoms with E-state index in [0.717, 1.165) is 61.1 Å². The first-order valence-electron chi connectivity index (χ1n) is 13.0. The molecule has 4 nitrogen and oxygen atoms in total. The minimum Gasteiger partial charge on any atom is -0.453 e. The predicted octanol–water partition coefficient (Wildman–Crippen LogP) is 8.24. The molecule has 0 spiro atoms. The molecule has 3 rings (SSSR count). The standard InChI is InChI=1S/C29H36F6N2O2/c1-6-36(11-10-27(2,3)4)25-15-21-9-7-8-20(21)14-22(25)18-37(26(38)39-5)17-19-12-23(28(30,31)32)16-24(13-19)29(33,34)35/h12-16H,6-11,17-18H2,1-5H3. The number of nitrogens with zero attached hydrogens (tertiary/aromatic N) is 2. The van der Waals surface area contributed by atoms with E-state index in [4.69, 9.17) is 4.74 Å². The minimum absolute atomic E-state index is 0.0289. The van der Waals surface area contributed by atoms with Gasteiger partial charge in [0, 0.05) is 25.3 Å².